The first-order valence-electron chi connectivity index (χ1n) is 6.97. The van der Waals surface area contributed by atoms with Gasteiger partial charge in [0.15, 0.2) is 0 Å². The third-order valence-corrected chi connectivity index (χ3v) is 6.53. The van der Waals surface area contributed by atoms with Crippen molar-refractivity contribution in [3.8, 4) is 0 Å². The van der Waals surface area contributed by atoms with Crippen LogP contribution < -0.4 is 0 Å². The number of hydrogen-bond donors (Lipinski definition) is 0. The number of hydrogen-bond acceptors (Lipinski definition) is 2. The first kappa shape index (κ1) is 15.0. The molecule has 0 atom stereocenters. The van der Waals surface area contributed by atoms with Crippen LogP contribution in [0.1, 0.15) is 65.7 Å². The molecule has 1 heterocycles. The van der Waals surface area contributed by atoms with Crippen LogP contribution in [0.3, 0.4) is 0 Å². The molecule has 0 aromatic heterocycles. The van der Waals surface area contributed by atoms with Gasteiger partial charge >= 0.3 is 0 Å². The minimum absolute atomic E-state index is 0.548. The van der Waals surface area contributed by atoms with Crippen molar-refractivity contribution in [3.05, 3.63) is 0 Å². The van der Waals surface area contributed by atoms with Crippen molar-refractivity contribution < 1.29 is 8.42 Å². The predicted octanol–water partition coefficient (Wildman–Crippen LogP) is 3.16. The molecule has 1 saturated heterocycles. The second-order valence-electron chi connectivity index (χ2n) is 5.41. The Labute approximate surface area is 107 Å². The Balaban J connectivity index is 2.90. The van der Waals surface area contributed by atoms with Gasteiger partial charge in [-0.15, -0.1) is 0 Å². The maximum Gasteiger partial charge on any atom is 0.219 e. The van der Waals surface area contributed by atoms with Gasteiger partial charge in [-0.05, 0) is 32.6 Å². The van der Waals surface area contributed by atoms with Crippen molar-refractivity contribution >= 4 is 10.0 Å². The van der Waals surface area contributed by atoms with Crippen LogP contribution in [0.5, 0.6) is 0 Å². The van der Waals surface area contributed by atoms with E-state index in [0.717, 1.165) is 51.6 Å². The van der Waals surface area contributed by atoms with E-state index in [9.17, 15) is 8.42 Å². The number of sulfonamides is 1. The highest BCUT2D eigenvalue weighted by atomic mass is 32.2. The largest absolute Gasteiger partial charge is 0.219 e. The van der Waals surface area contributed by atoms with Gasteiger partial charge in [-0.25, -0.2) is 12.7 Å². The maximum absolute atomic E-state index is 12.7. The van der Waals surface area contributed by atoms with Gasteiger partial charge < -0.3 is 0 Å². The highest BCUT2D eigenvalue weighted by Crippen LogP contribution is 2.32. The Morgan fingerprint density at radius 3 is 1.88 bits per heavy atom. The summed E-state index contributed by atoms with van der Waals surface area (Å²) in [5, 5.41) is 0. The zero-order valence-corrected chi connectivity index (χ0v) is 12.4. The van der Waals surface area contributed by atoms with E-state index < -0.39 is 14.8 Å². The summed E-state index contributed by atoms with van der Waals surface area (Å²) in [7, 11) is -3.11. The normalized spacial score (nSPS) is 19.5. The van der Waals surface area contributed by atoms with Crippen molar-refractivity contribution in [1.29, 1.82) is 0 Å². The molecule has 1 fully saturated rings. The third-order valence-electron chi connectivity index (χ3n) is 3.84. The molecule has 0 bridgehead atoms. The summed E-state index contributed by atoms with van der Waals surface area (Å²) in [5.74, 6) is 0. The Morgan fingerprint density at radius 1 is 1.00 bits per heavy atom. The fourth-order valence-corrected chi connectivity index (χ4v) is 5.14. The molecule has 102 valence electrons. The average Bonchev–Trinajstić information content (AvgIpc) is 2.30. The number of nitrogens with zero attached hydrogens (tertiary/aromatic N) is 1. The molecule has 0 aromatic carbocycles. The Morgan fingerprint density at radius 2 is 1.47 bits per heavy atom. The fraction of sp³-hybridized carbons (Fsp3) is 1.00. The van der Waals surface area contributed by atoms with Gasteiger partial charge in [-0.1, -0.05) is 33.1 Å². The lowest BCUT2D eigenvalue weighted by Gasteiger charge is -2.36. The summed E-state index contributed by atoms with van der Waals surface area (Å²) < 4.78 is 26.6. The molecule has 0 radical (unpaired) electrons. The van der Waals surface area contributed by atoms with Crippen LogP contribution in [0.2, 0.25) is 0 Å². The first-order valence-corrected chi connectivity index (χ1v) is 8.41. The molecule has 0 amide bonds. The summed E-state index contributed by atoms with van der Waals surface area (Å²) in [4.78, 5) is 0. The van der Waals surface area contributed by atoms with Crippen LogP contribution in [-0.2, 0) is 10.0 Å². The van der Waals surface area contributed by atoms with E-state index in [1.54, 1.807) is 4.31 Å². The molecule has 1 rings (SSSR count). The van der Waals surface area contributed by atoms with E-state index in [2.05, 4.69) is 13.8 Å². The molecule has 0 spiro atoms. The first-order chi connectivity index (χ1) is 7.98. The number of rotatable bonds is 6. The van der Waals surface area contributed by atoms with Crippen LogP contribution in [-0.4, -0.2) is 30.6 Å². The molecule has 1 aliphatic rings. The van der Waals surface area contributed by atoms with Crippen LogP contribution in [0.4, 0.5) is 0 Å². The van der Waals surface area contributed by atoms with Gasteiger partial charge in [0.25, 0.3) is 0 Å². The molecular weight excluding hydrogens is 234 g/mol. The lowest BCUT2D eigenvalue weighted by atomic mass is 10.00. The van der Waals surface area contributed by atoms with Crippen molar-refractivity contribution in [1.82, 2.24) is 4.31 Å². The fourth-order valence-electron chi connectivity index (χ4n) is 2.86. The molecule has 3 nitrogen and oxygen atoms in total. The van der Waals surface area contributed by atoms with E-state index in [-0.39, 0.29) is 0 Å². The quantitative estimate of drug-likeness (QED) is 0.736. The molecule has 0 aliphatic carbocycles. The lowest BCUT2D eigenvalue weighted by Crippen LogP contribution is -2.48. The molecule has 4 heteroatoms. The van der Waals surface area contributed by atoms with E-state index in [1.807, 2.05) is 6.92 Å². The van der Waals surface area contributed by atoms with Crippen LogP contribution in [0.15, 0.2) is 0 Å². The second kappa shape index (κ2) is 6.19. The lowest BCUT2D eigenvalue weighted by molar-refractivity contribution is 0.325. The van der Waals surface area contributed by atoms with E-state index >= 15 is 0 Å². The number of piperidine rings is 1. The van der Waals surface area contributed by atoms with Gasteiger partial charge in [-0.3, -0.25) is 0 Å². The maximum atomic E-state index is 12.7. The van der Waals surface area contributed by atoms with Crippen molar-refractivity contribution in [2.75, 3.05) is 13.1 Å². The van der Waals surface area contributed by atoms with E-state index in [1.165, 1.54) is 6.42 Å². The van der Waals surface area contributed by atoms with Crippen molar-refractivity contribution in [3.63, 3.8) is 0 Å². The van der Waals surface area contributed by atoms with Crippen LogP contribution in [0, 0.1) is 0 Å². The predicted molar refractivity (Wildman–Crippen MR) is 72.6 cm³/mol. The van der Waals surface area contributed by atoms with Gasteiger partial charge in [-0.2, -0.15) is 0 Å². The molecule has 0 N–H and O–H groups in total. The minimum atomic E-state index is -3.11. The highest BCUT2D eigenvalue weighted by Gasteiger charge is 2.41. The zero-order valence-electron chi connectivity index (χ0n) is 11.5. The summed E-state index contributed by atoms with van der Waals surface area (Å²) in [6.07, 6.45) is 6.64. The molecule has 17 heavy (non-hydrogen) atoms. The van der Waals surface area contributed by atoms with Crippen molar-refractivity contribution in [2.24, 2.45) is 0 Å². The molecule has 0 unspecified atom stereocenters. The summed E-state index contributed by atoms with van der Waals surface area (Å²) >= 11 is 0. The van der Waals surface area contributed by atoms with E-state index in [0.29, 0.717) is 0 Å². The summed E-state index contributed by atoms with van der Waals surface area (Å²) in [5.41, 5.74) is 0. The molecular formula is C13H27NO2S. The third kappa shape index (κ3) is 3.22. The van der Waals surface area contributed by atoms with Gasteiger partial charge in [0, 0.05) is 13.1 Å². The van der Waals surface area contributed by atoms with Crippen molar-refractivity contribution in [2.45, 2.75) is 70.5 Å². The van der Waals surface area contributed by atoms with E-state index in [4.69, 9.17) is 0 Å². The van der Waals surface area contributed by atoms with Gasteiger partial charge in [0.1, 0.15) is 0 Å². The van der Waals surface area contributed by atoms with Gasteiger partial charge in [0.05, 0.1) is 4.75 Å². The highest BCUT2D eigenvalue weighted by molar-refractivity contribution is 7.90. The zero-order chi connectivity index (χ0) is 12.9. The second-order valence-corrected chi connectivity index (χ2v) is 7.87. The standard InChI is InChI=1S/C13H27NO2S/c1-4-9-13(3,10-5-2)17(15,16)14-11-7-6-8-12-14/h4-12H2,1-3H3. The topological polar surface area (TPSA) is 37.4 Å². The Kier molecular flexibility index (Phi) is 5.45. The van der Waals surface area contributed by atoms with Crippen LogP contribution in [0.25, 0.3) is 0 Å². The van der Waals surface area contributed by atoms with Gasteiger partial charge in [0.2, 0.25) is 10.0 Å². The molecule has 1 aliphatic heterocycles. The SMILES string of the molecule is CCCC(C)(CCC)S(=O)(=O)N1CCCCC1. The molecule has 0 saturated carbocycles. The summed E-state index contributed by atoms with van der Waals surface area (Å²) in [6.45, 7) is 7.53. The molecule has 0 aromatic rings. The summed E-state index contributed by atoms with van der Waals surface area (Å²) in [6, 6.07) is 0. The minimum Gasteiger partial charge on any atom is -0.212 e. The monoisotopic (exact) mass is 261 g/mol. The average molecular weight is 261 g/mol. The van der Waals surface area contributed by atoms with Crippen LogP contribution >= 0.6 is 0 Å². The Hall–Kier alpha value is -0.0900. The smallest absolute Gasteiger partial charge is 0.212 e. The Bertz CT molecular complexity index is 312.